The smallest absolute Gasteiger partial charge is 0.613 e. The van der Waals surface area contributed by atoms with Gasteiger partial charge in [0.1, 0.15) is 0 Å². The van der Waals surface area contributed by atoms with Crippen molar-refractivity contribution < 1.29 is 19.6 Å². The molecule has 0 bridgehead atoms. The molecule has 0 aromatic rings. The molecule has 0 aliphatic heterocycles. The summed E-state index contributed by atoms with van der Waals surface area (Å²) in [6.07, 6.45) is 0. The van der Waals surface area contributed by atoms with Crippen LogP contribution in [-0.2, 0) is 0 Å². The fraction of sp³-hybridized carbons (Fsp3) is 0. The van der Waals surface area contributed by atoms with Gasteiger partial charge in [-0.25, -0.2) is 0 Å². The maximum Gasteiger partial charge on any atom is 4.00 e. The van der Waals surface area contributed by atoms with Crippen LogP contribution in [0.2, 0.25) is 0 Å². The topological polar surface area (TPSA) is 197 Å². The second-order valence-corrected chi connectivity index (χ2v) is 1.33. The largest absolute Gasteiger partial charge is 4.00 e. The van der Waals surface area contributed by atoms with Gasteiger partial charge in [-0.3, -0.25) is 0 Å². The van der Waals surface area contributed by atoms with Crippen molar-refractivity contribution in [1.29, 1.82) is 0 Å². The van der Waals surface area contributed by atoms with Gasteiger partial charge in [-0.1, -0.05) is 0 Å². The number of rotatable bonds is 0. The SMILES string of the molecule is C=[N+]([O-])[O-].C=[N+]([O-])[O-].C=[N+]([O-])[O-].C=[N+]([O-])[O-].[Si+4]. The van der Waals surface area contributed by atoms with Crippen LogP contribution in [0.1, 0.15) is 0 Å². The van der Waals surface area contributed by atoms with Gasteiger partial charge in [0.05, 0.1) is 0 Å². The van der Waals surface area contributed by atoms with Crippen LogP contribution in [0.5, 0.6) is 0 Å². The molecule has 13 heteroatoms. The molecule has 17 heavy (non-hydrogen) atoms. The van der Waals surface area contributed by atoms with Crippen molar-refractivity contribution in [3.8, 4) is 0 Å². The van der Waals surface area contributed by atoms with Crippen LogP contribution in [-0.4, -0.2) is 57.4 Å². The number of hydrogen-bond acceptors (Lipinski definition) is 8. The summed E-state index contributed by atoms with van der Waals surface area (Å²) in [7, 11) is 0. The first-order chi connectivity index (χ1) is 6.93. The summed E-state index contributed by atoms with van der Waals surface area (Å²) >= 11 is 0. The van der Waals surface area contributed by atoms with E-state index in [4.69, 9.17) is 41.7 Å². The van der Waals surface area contributed by atoms with Crippen molar-refractivity contribution in [2.75, 3.05) is 0 Å². The first-order valence-corrected chi connectivity index (χ1v) is 2.73. The third kappa shape index (κ3) is 232. The third-order valence-corrected chi connectivity index (χ3v) is 0. The van der Waals surface area contributed by atoms with Gasteiger partial charge in [0.2, 0.25) is 0 Å². The number of hydrogen-bond donors (Lipinski definition) is 0. The van der Waals surface area contributed by atoms with E-state index in [0.29, 0.717) is 0 Å². The van der Waals surface area contributed by atoms with E-state index >= 15 is 0 Å². The quantitative estimate of drug-likeness (QED) is 0.216. The molecule has 0 amide bonds. The Hall–Kier alpha value is -2.70. The summed E-state index contributed by atoms with van der Waals surface area (Å²) in [4.78, 5) is -3.00. The molecule has 12 nitrogen and oxygen atoms in total. The van der Waals surface area contributed by atoms with E-state index in [1.807, 2.05) is 0 Å². The van der Waals surface area contributed by atoms with Crippen LogP contribution >= 0.6 is 0 Å². The molecule has 0 N–H and O–H groups in total. The standard InChI is InChI=1S/4CH2NO2.Si/c4*1-2(3)4;/h4*1H2;/q4*-1;+4. The summed E-state index contributed by atoms with van der Waals surface area (Å²) in [6.45, 7) is 9.44. The van der Waals surface area contributed by atoms with Gasteiger partial charge in [-0.2, -0.15) is 19.6 Å². The average molecular weight is 268 g/mol. The first kappa shape index (κ1) is 29.2. The van der Waals surface area contributed by atoms with Crippen LogP contribution in [0.3, 0.4) is 0 Å². The first-order valence-electron chi connectivity index (χ1n) is 2.73. The molecule has 0 saturated heterocycles. The third-order valence-electron chi connectivity index (χ3n) is 0. The second kappa shape index (κ2) is 23.3. The Morgan fingerprint density at radius 3 is 0.412 bits per heavy atom. The molecule has 0 atom stereocenters. The van der Waals surface area contributed by atoms with Crippen molar-refractivity contribution in [1.82, 2.24) is 0 Å². The van der Waals surface area contributed by atoms with Crippen molar-refractivity contribution >= 4 is 37.8 Å². The van der Waals surface area contributed by atoms with Gasteiger partial charge < -0.3 is 41.7 Å². The maximum atomic E-state index is 8.69. The van der Waals surface area contributed by atoms with Gasteiger partial charge in [-0.15, -0.1) is 0 Å². The summed E-state index contributed by atoms with van der Waals surface area (Å²) in [5.74, 6) is 0. The van der Waals surface area contributed by atoms with E-state index in [1.54, 1.807) is 0 Å². The summed E-state index contributed by atoms with van der Waals surface area (Å²) < 4.78 is 0. The van der Waals surface area contributed by atoms with Gasteiger partial charge >= 0.3 is 11.0 Å². The van der Waals surface area contributed by atoms with Crippen LogP contribution in [0.15, 0.2) is 0 Å². The molecule has 0 radical (unpaired) electrons. The zero-order valence-corrected chi connectivity index (χ0v) is 9.38. The normalized spacial score (nSPS) is 5.65. The van der Waals surface area contributed by atoms with E-state index in [2.05, 4.69) is 26.9 Å². The van der Waals surface area contributed by atoms with E-state index in [-0.39, 0.29) is 11.0 Å². The van der Waals surface area contributed by atoms with Crippen molar-refractivity contribution in [2.45, 2.75) is 0 Å². The fourth-order valence-electron chi connectivity index (χ4n) is 0. The molecule has 0 saturated carbocycles. The molecule has 0 spiro atoms. The van der Waals surface area contributed by atoms with Crippen LogP contribution in [0, 0.1) is 41.7 Å². The summed E-state index contributed by atoms with van der Waals surface area (Å²) in [5, 5.41) is 69.6. The maximum absolute atomic E-state index is 8.69. The molecule has 0 heterocycles. The van der Waals surface area contributed by atoms with E-state index in [9.17, 15) is 0 Å². The molecule has 0 aliphatic rings. The minimum Gasteiger partial charge on any atom is -0.613 e. The minimum atomic E-state index is -0.750. The Bertz CT molecular complexity index is 170. The average Bonchev–Trinajstić information content (AvgIpc) is 1.76. The van der Waals surface area contributed by atoms with Crippen molar-refractivity contribution in [3.63, 3.8) is 0 Å². The summed E-state index contributed by atoms with van der Waals surface area (Å²) in [5.41, 5.74) is 0. The Morgan fingerprint density at radius 1 is 0.412 bits per heavy atom. The van der Waals surface area contributed by atoms with E-state index in [0.717, 1.165) is 0 Å². The Labute approximate surface area is 100 Å². The predicted molar refractivity (Wildman–Crippen MR) is 62.2 cm³/mol. The van der Waals surface area contributed by atoms with Crippen LogP contribution in [0.25, 0.3) is 0 Å². The van der Waals surface area contributed by atoms with Crippen molar-refractivity contribution in [2.24, 2.45) is 0 Å². The van der Waals surface area contributed by atoms with Crippen LogP contribution < -0.4 is 0 Å². The molecule has 0 aliphatic carbocycles. The fourth-order valence-corrected chi connectivity index (χ4v) is 0. The Balaban J connectivity index is -0.0000000369. The Kier molecular flexibility index (Phi) is 40.0. The van der Waals surface area contributed by atoms with E-state index < -0.39 is 19.6 Å². The summed E-state index contributed by atoms with van der Waals surface area (Å²) in [6, 6.07) is 0. The second-order valence-electron chi connectivity index (χ2n) is 1.33. The van der Waals surface area contributed by atoms with Gasteiger partial charge in [0, 0.05) is 0 Å². The Morgan fingerprint density at radius 2 is 0.412 bits per heavy atom. The van der Waals surface area contributed by atoms with Gasteiger partial charge in [-0.05, 0) is 0 Å². The zero-order chi connectivity index (χ0) is 14.3. The molecule has 96 valence electrons. The van der Waals surface area contributed by atoms with E-state index in [1.165, 1.54) is 0 Å². The molecule has 0 aromatic heterocycles. The number of nitrogens with zero attached hydrogens (tertiary/aromatic N) is 4. The molecule has 0 aromatic carbocycles. The van der Waals surface area contributed by atoms with Gasteiger partial charge in [0.25, 0.3) is 0 Å². The molecule has 0 fully saturated rings. The molecule has 0 unspecified atom stereocenters. The monoisotopic (exact) mass is 268 g/mol. The van der Waals surface area contributed by atoms with Crippen LogP contribution in [0.4, 0.5) is 0 Å². The van der Waals surface area contributed by atoms with Gasteiger partial charge in [0.15, 0.2) is 26.9 Å². The zero-order valence-electron chi connectivity index (χ0n) is 8.38. The van der Waals surface area contributed by atoms with Crippen molar-refractivity contribution in [3.05, 3.63) is 41.7 Å². The molecular weight excluding hydrogens is 260 g/mol. The molecular formula is C4H8N4O8Si. The minimum absolute atomic E-state index is 0. The molecule has 0 rings (SSSR count). The predicted octanol–water partition coefficient (Wildman–Crippen LogP) is -1.60.